The van der Waals surface area contributed by atoms with Crippen LogP contribution in [0.3, 0.4) is 0 Å². The maximum absolute atomic E-state index is 5.65. The van der Waals surface area contributed by atoms with E-state index in [0.29, 0.717) is 0 Å². The molecule has 1 aromatic carbocycles. The molecule has 0 bridgehead atoms. The summed E-state index contributed by atoms with van der Waals surface area (Å²) in [5.41, 5.74) is 2.48. The van der Waals surface area contributed by atoms with Gasteiger partial charge in [-0.3, -0.25) is 4.98 Å². The first-order chi connectivity index (χ1) is 9.68. The molecule has 0 aliphatic carbocycles. The van der Waals surface area contributed by atoms with Gasteiger partial charge in [0, 0.05) is 24.1 Å². The van der Waals surface area contributed by atoms with Crippen molar-refractivity contribution in [1.29, 1.82) is 0 Å². The Labute approximate surface area is 118 Å². The number of aromatic nitrogens is 2. The Morgan fingerprint density at radius 3 is 2.45 bits per heavy atom. The number of rotatable bonds is 3. The average molecular weight is 266 g/mol. The van der Waals surface area contributed by atoms with Crippen molar-refractivity contribution in [2.45, 2.75) is 25.9 Å². The summed E-state index contributed by atoms with van der Waals surface area (Å²) in [6.07, 6.45) is 2.69. The van der Waals surface area contributed by atoms with E-state index in [2.05, 4.69) is 43.1 Å². The molecule has 0 spiro atoms. The van der Waals surface area contributed by atoms with Crippen LogP contribution in [0.4, 0.5) is 0 Å². The quantitative estimate of drug-likeness (QED) is 0.671. The molecule has 2 heterocycles. The highest BCUT2D eigenvalue weighted by atomic mass is 16.5. The number of hydrogen-bond acceptors (Lipinski definition) is 3. The molecule has 0 aliphatic heterocycles. The number of ether oxygens (including phenoxy) is 1. The molecule has 3 nitrogen and oxygen atoms in total. The van der Waals surface area contributed by atoms with E-state index in [0.717, 1.165) is 33.9 Å². The Hall–Kier alpha value is -2.00. The summed E-state index contributed by atoms with van der Waals surface area (Å²) < 4.78 is 5.65. The summed E-state index contributed by atoms with van der Waals surface area (Å²) in [6, 6.07) is 12.3. The van der Waals surface area contributed by atoms with Gasteiger partial charge in [-0.05, 0) is 25.5 Å². The highest BCUT2D eigenvalue weighted by Gasteiger charge is 2.25. The summed E-state index contributed by atoms with van der Waals surface area (Å²) in [5.74, 6) is 0. The van der Waals surface area contributed by atoms with E-state index in [1.165, 1.54) is 0 Å². The first kappa shape index (κ1) is 13.0. The number of nitrogens with zero attached hydrogens (tertiary/aromatic N) is 2. The molecule has 0 fully saturated rings. The summed E-state index contributed by atoms with van der Waals surface area (Å²) in [7, 11) is 1.73. The van der Waals surface area contributed by atoms with Gasteiger partial charge in [0.25, 0.3) is 0 Å². The number of pyridine rings is 2. The van der Waals surface area contributed by atoms with Gasteiger partial charge in [-0.15, -0.1) is 0 Å². The van der Waals surface area contributed by atoms with Crippen LogP contribution in [-0.2, 0) is 10.3 Å². The lowest BCUT2D eigenvalue weighted by molar-refractivity contribution is -0.00477. The van der Waals surface area contributed by atoms with E-state index in [-0.39, 0.29) is 5.60 Å². The molecule has 0 saturated heterocycles. The Kier molecular flexibility index (Phi) is 3.14. The number of benzene rings is 1. The fourth-order valence-corrected chi connectivity index (χ4v) is 2.45. The monoisotopic (exact) mass is 266 g/mol. The van der Waals surface area contributed by atoms with Crippen LogP contribution in [0.2, 0.25) is 0 Å². The molecule has 3 aromatic rings. The Morgan fingerprint density at radius 1 is 1.05 bits per heavy atom. The SMILES string of the molecule is CCC(C)(OC)c1ccc2ccc3cccnc3c2n1. The van der Waals surface area contributed by atoms with E-state index >= 15 is 0 Å². The van der Waals surface area contributed by atoms with E-state index < -0.39 is 0 Å². The van der Waals surface area contributed by atoms with E-state index in [9.17, 15) is 0 Å². The van der Waals surface area contributed by atoms with E-state index in [4.69, 9.17) is 9.72 Å². The molecule has 2 aromatic heterocycles. The zero-order valence-corrected chi connectivity index (χ0v) is 12.1. The van der Waals surface area contributed by atoms with Gasteiger partial charge >= 0.3 is 0 Å². The van der Waals surface area contributed by atoms with Crippen molar-refractivity contribution < 1.29 is 4.74 Å². The minimum absolute atomic E-state index is 0.356. The fourth-order valence-electron chi connectivity index (χ4n) is 2.45. The van der Waals surface area contributed by atoms with Gasteiger partial charge < -0.3 is 4.74 Å². The lowest BCUT2D eigenvalue weighted by atomic mass is 9.97. The van der Waals surface area contributed by atoms with Crippen LogP contribution < -0.4 is 0 Å². The molecule has 0 aliphatic rings. The normalized spacial score (nSPS) is 14.6. The second-order valence-corrected chi connectivity index (χ2v) is 5.20. The molecule has 102 valence electrons. The molecule has 0 saturated carbocycles. The topological polar surface area (TPSA) is 35.0 Å². The molecule has 0 amide bonds. The van der Waals surface area contributed by atoms with E-state index in [1.807, 2.05) is 18.3 Å². The van der Waals surface area contributed by atoms with Crippen molar-refractivity contribution in [2.24, 2.45) is 0 Å². The zero-order valence-electron chi connectivity index (χ0n) is 12.1. The standard InChI is InChI=1S/C17H18N2O/c1-4-17(2,20-3)14-10-9-13-8-7-12-6-5-11-18-15(12)16(13)19-14/h5-11H,4H2,1-3H3. The predicted octanol–water partition coefficient (Wildman–Crippen LogP) is 4.05. The van der Waals surface area contributed by atoms with Gasteiger partial charge in [0.15, 0.2) is 0 Å². The fraction of sp³-hybridized carbons (Fsp3) is 0.294. The second-order valence-electron chi connectivity index (χ2n) is 5.20. The zero-order chi connectivity index (χ0) is 14.2. The molecule has 20 heavy (non-hydrogen) atoms. The summed E-state index contributed by atoms with van der Waals surface area (Å²) in [4.78, 5) is 9.31. The van der Waals surface area contributed by atoms with Gasteiger partial charge in [-0.25, -0.2) is 4.98 Å². The average Bonchev–Trinajstić information content (AvgIpc) is 2.53. The summed E-state index contributed by atoms with van der Waals surface area (Å²) in [5, 5.41) is 2.22. The highest BCUT2D eigenvalue weighted by molar-refractivity contribution is 6.02. The largest absolute Gasteiger partial charge is 0.372 e. The van der Waals surface area contributed by atoms with Crippen molar-refractivity contribution in [3.63, 3.8) is 0 Å². The van der Waals surface area contributed by atoms with Gasteiger partial charge in [-0.1, -0.05) is 31.2 Å². The van der Waals surface area contributed by atoms with Crippen LogP contribution in [0.25, 0.3) is 21.8 Å². The Bertz CT molecular complexity index is 763. The highest BCUT2D eigenvalue weighted by Crippen LogP contribution is 2.30. The van der Waals surface area contributed by atoms with Crippen molar-refractivity contribution in [3.05, 3.63) is 48.3 Å². The first-order valence-electron chi connectivity index (χ1n) is 6.88. The second kappa shape index (κ2) is 4.84. The molecule has 3 heteroatoms. The maximum atomic E-state index is 5.65. The number of hydrogen-bond donors (Lipinski definition) is 0. The van der Waals surface area contributed by atoms with E-state index in [1.54, 1.807) is 7.11 Å². The lowest BCUT2D eigenvalue weighted by Gasteiger charge is -2.26. The third-order valence-corrected chi connectivity index (χ3v) is 4.10. The molecular weight excluding hydrogens is 248 g/mol. The van der Waals surface area contributed by atoms with Crippen LogP contribution >= 0.6 is 0 Å². The van der Waals surface area contributed by atoms with Crippen LogP contribution in [0, 0.1) is 0 Å². The molecule has 1 atom stereocenters. The van der Waals surface area contributed by atoms with Gasteiger partial charge in [-0.2, -0.15) is 0 Å². The lowest BCUT2D eigenvalue weighted by Crippen LogP contribution is -2.24. The Balaban J connectivity index is 2.31. The van der Waals surface area contributed by atoms with Gasteiger partial charge in [0.05, 0.1) is 16.7 Å². The third-order valence-electron chi connectivity index (χ3n) is 4.10. The molecule has 1 unspecified atom stereocenters. The third kappa shape index (κ3) is 1.95. The summed E-state index contributed by atoms with van der Waals surface area (Å²) >= 11 is 0. The van der Waals surface area contributed by atoms with Gasteiger partial charge in [0.1, 0.15) is 5.60 Å². The van der Waals surface area contributed by atoms with Crippen LogP contribution in [0.15, 0.2) is 42.6 Å². The smallest absolute Gasteiger partial charge is 0.107 e. The Morgan fingerprint density at radius 2 is 1.75 bits per heavy atom. The van der Waals surface area contributed by atoms with Crippen molar-refractivity contribution >= 4 is 21.8 Å². The van der Waals surface area contributed by atoms with Crippen LogP contribution in [-0.4, -0.2) is 17.1 Å². The van der Waals surface area contributed by atoms with Crippen LogP contribution in [0.5, 0.6) is 0 Å². The number of fused-ring (bicyclic) bond motifs is 3. The predicted molar refractivity (Wildman–Crippen MR) is 81.7 cm³/mol. The minimum atomic E-state index is -0.356. The van der Waals surface area contributed by atoms with Crippen molar-refractivity contribution in [2.75, 3.05) is 7.11 Å². The molecule has 0 radical (unpaired) electrons. The molecule has 3 rings (SSSR count). The van der Waals surface area contributed by atoms with Crippen molar-refractivity contribution in [3.8, 4) is 0 Å². The molecule has 0 N–H and O–H groups in total. The molecular formula is C17H18N2O. The first-order valence-corrected chi connectivity index (χ1v) is 6.88. The number of methoxy groups -OCH3 is 1. The van der Waals surface area contributed by atoms with Crippen molar-refractivity contribution in [1.82, 2.24) is 9.97 Å². The maximum Gasteiger partial charge on any atom is 0.107 e. The minimum Gasteiger partial charge on any atom is -0.372 e. The van der Waals surface area contributed by atoms with Gasteiger partial charge in [0.2, 0.25) is 0 Å². The summed E-state index contributed by atoms with van der Waals surface area (Å²) in [6.45, 7) is 4.18. The van der Waals surface area contributed by atoms with Crippen LogP contribution in [0.1, 0.15) is 26.0 Å².